The number of carbonyl (C=O) groups is 1. The lowest BCUT2D eigenvalue weighted by atomic mass is 10.00. The van der Waals surface area contributed by atoms with E-state index in [0.29, 0.717) is 32.2 Å². The number of hydrogen-bond acceptors (Lipinski definition) is 4. The number of rotatable bonds is 5. The average molecular weight is 564 g/mol. The molecule has 3 N–H and O–H groups in total. The minimum absolute atomic E-state index is 0. The fourth-order valence-corrected chi connectivity index (χ4v) is 4.26. The summed E-state index contributed by atoms with van der Waals surface area (Å²) in [7, 11) is 0. The molecule has 0 spiro atoms. The van der Waals surface area contributed by atoms with Crippen molar-refractivity contribution in [3.05, 3.63) is 53.6 Å². The summed E-state index contributed by atoms with van der Waals surface area (Å²) in [4.78, 5) is 18.0. The molecule has 8 heteroatoms. The van der Waals surface area contributed by atoms with Crippen LogP contribution in [0, 0.1) is 0 Å². The molecule has 0 aliphatic carbocycles. The van der Waals surface area contributed by atoms with E-state index in [2.05, 4.69) is 59.7 Å². The van der Waals surface area contributed by atoms with Crippen molar-refractivity contribution < 1.29 is 14.3 Å². The number of guanidine groups is 1. The molecule has 0 bridgehead atoms. The Balaban J connectivity index is 0.00000306. The van der Waals surface area contributed by atoms with Gasteiger partial charge < -0.3 is 25.4 Å². The van der Waals surface area contributed by atoms with E-state index >= 15 is 0 Å². The molecule has 1 fully saturated rings. The number of benzene rings is 2. The Morgan fingerprint density at radius 1 is 1.18 bits per heavy atom. The molecule has 178 valence electrons. The summed E-state index contributed by atoms with van der Waals surface area (Å²) in [6.45, 7) is 6.18. The molecule has 0 radical (unpaired) electrons. The molecule has 4 rings (SSSR count). The van der Waals surface area contributed by atoms with Gasteiger partial charge in [-0.25, -0.2) is 9.79 Å². The molecule has 0 aromatic heterocycles. The second-order valence-corrected chi connectivity index (χ2v) is 8.46. The molecule has 0 saturated carbocycles. The maximum absolute atomic E-state index is 11.8. The Labute approximate surface area is 212 Å². The first-order valence-electron chi connectivity index (χ1n) is 11.4. The largest absolute Gasteiger partial charge is 0.490 e. The van der Waals surface area contributed by atoms with Crippen LogP contribution in [0.4, 0.5) is 4.79 Å². The highest BCUT2D eigenvalue weighted by Crippen LogP contribution is 2.32. The quantitative estimate of drug-likeness (QED) is 0.321. The van der Waals surface area contributed by atoms with Gasteiger partial charge in [0.15, 0.2) is 5.96 Å². The molecule has 1 atom stereocenters. The zero-order valence-electron chi connectivity index (χ0n) is 19.3. The maximum Gasteiger partial charge on any atom is 0.409 e. The van der Waals surface area contributed by atoms with Gasteiger partial charge in [-0.15, -0.1) is 24.0 Å². The van der Waals surface area contributed by atoms with Crippen LogP contribution in [0.15, 0.2) is 47.5 Å². The Morgan fingerprint density at radius 2 is 1.88 bits per heavy atom. The second-order valence-electron chi connectivity index (χ2n) is 8.46. The van der Waals surface area contributed by atoms with E-state index < -0.39 is 0 Å². The van der Waals surface area contributed by atoms with Gasteiger partial charge >= 0.3 is 6.09 Å². The maximum atomic E-state index is 11.8. The molecule has 2 aliphatic rings. The van der Waals surface area contributed by atoms with Crippen LogP contribution < -0.4 is 15.8 Å². The van der Waals surface area contributed by atoms with E-state index in [1.54, 1.807) is 4.90 Å². The number of piperidine rings is 1. The topological polar surface area (TPSA) is 89.2 Å². The number of fused-ring (bicyclic) bond motifs is 1. The van der Waals surface area contributed by atoms with Crippen molar-refractivity contribution in [2.75, 3.05) is 19.7 Å². The number of likely N-dealkylation sites (tertiary alicyclic amines) is 1. The number of hydrogen-bond donors (Lipinski definition) is 2. The Kier molecular flexibility index (Phi) is 8.82. The summed E-state index contributed by atoms with van der Waals surface area (Å²) in [5.74, 6) is 1.44. The number of carbonyl (C=O) groups excluding carboxylic acids is 1. The lowest BCUT2D eigenvalue weighted by Gasteiger charge is -2.31. The Hall–Kier alpha value is -2.49. The highest BCUT2D eigenvalue weighted by molar-refractivity contribution is 14.0. The third kappa shape index (κ3) is 6.52. The summed E-state index contributed by atoms with van der Waals surface area (Å²) in [5.41, 5.74) is 10.9. The SMILES string of the molecule is CCOC(=O)N1CCC(NC(N)=NCc2ccc(-c3ccc4c(c3)CC(C)O4)cc2)CC1.I. The molecular weight excluding hydrogens is 531 g/mol. The molecule has 2 aromatic rings. The zero-order chi connectivity index (χ0) is 22.5. The first-order valence-corrected chi connectivity index (χ1v) is 11.4. The first kappa shape index (κ1) is 25.1. The van der Waals surface area contributed by atoms with Gasteiger partial charge in [0.2, 0.25) is 0 Å². The van der Waals surface area contributed by atoms with Gasteiger partial charge in [-0.05, 0) is 61.1 Å². The van der Waals surface area contributed by atoms with Crippen LogP contribution in [0.2, 0.25) is 0 Å². The van der Waals surface area contributed by atoms with Crippen molar-refractivity contribution >= 4 is 36.0 Å². The molecule has 33 heavy (non-hydrogen) atoms. The van der Waals surface area contributed by atoms with Crippen LogP contribution in [0.5, 0.6) is 5.75 Å². The van der Waals surface area contributed by atoms with E-state index in [1.807, 2.05) is 6.92 Å². The molecule has 7 nitrogen and oxygen atoms in total. The number of nitrogens with one attached hydrogen (secondary N) is 1. The summed E-state index contributed by atoms with van der Waals surface area (Å²) < 4.78 is 10.9. The standard InChI is InChI=1S/C25H32N4O3.HI/c1-3-31-25(30)29-12-10-22(11-13-29)28-24(26)27-16-18-4-6-19(7-5-18)20-8-9-23-21(15-20)14-17(2)32-23;/h4-9,15,17,22H,3,10-14,16H2,1-2H3,(H3,26,27,28);1H. The molecular formula is C25H33IN4O3. The number of nitrogens with zero attached hydrogens (tertiary/aromatic N) is 2. The van der Waals surface area contributed by atoms with Gasteiger partial charge in [-0.2, -0.15) is 0 Å². The van der Waals surface area contributed by atoms with E-state index in [-0.39, 0.29) is 42.2 Å². The minimum atomic E-state index is -0.237. The third-order valence-corrected chi connectivity index (χ3v) is 5.99. The Bertz CT molecular complexity index is 972. The fraction of sp³-hybridized carbons (Fsp3) is 0.440. The van der Waals surface area contributed by atoms with E-state index in [0.717, 1.165) is 30.6 Å². The lowest BCUT2D eigenvalue weighted by Crippen LogP contribution is -2.48. The number of halogens is 1. The molecule has 1 saturated heterocycles. The van der Waals surface area contributed by atoms with E-state index in [4.69, 9.17) is 15.2 Å². The van der Waals surface area contributed by atoms with Crippen LogP contribution in [0.25, 0.3) is 11.1 Å². The van der Waals surface area contributed by atoms with Crippen LogP contribution >= 0.6 is 24.0 Å². The molecule has 2 heterocycles. The van der Waals surface area contributed by atoms with Gasteiger partial charge in [-0.1, -0.05) is 30.3 Å². The molecule has 2 aromatic carbocycles. The van der Waals surface area contributed by atoms with E-state index in [1.165, 1.54) is 16.7 Å². The Morgan fingerprint density at radius 3 is 2.58 bits per heavy atom. The fourth-order valence-electron chi connectivity index (χ4n) is 4.26. The van der Waals surface area contributed by atoms with Crippen molar-refractivity contribution in [2.24, 2.45) is 10.7 Å². The minimum Gasteiger partial charge on any atom is -0.490 e. The number of ether oxygens (including phenoxy) is 2. The summed E-state index contributed by atoms with van der Waals surface area (Å²) in [6.07, 6.45) is 2.63. The highest BCUT2D eigenvalue weighted by atomic mass is 127. The van der Waals surface area contributed by atoms with Crippen molar-refractivity contribution in [1.82, 2.24) is 10.2 Å². The monoisotopic (exact) mass is 564 g/mol. The average Bonchev–Trinajstić information content (AvgIpc) is 3.18. The van der Waals surface area contributed by atoms with Crippen LogP contribution in [-0.2, 0) is 17.7 Å². The normalized spacial score (nSPS) is 18.2. The van der Waals surface area contributed by atoms with Gasteiger partial charge in [0.25, 0.3) is 0 Å². The van der Waals surface area contributed by atoms with Gasteiger partial charge in [0, 0.05) is 25.6 Å². The molecule has 1 amide bonds. The van der Waals surface area contributed by atoms with Crippen molar-refractivity contribution in [1.29, 1.82) is 0 Å². The highest BCUT2D eigenvalue weighted by Gasteiger charge is 2.23. The summed E-state index contributed by atoms with van der Waals surface area (Å²) in [5, 5.41) is 3.28. The second kappa shape index (κ2) is 11.6. The van der Waals surface area contributed by atoms with Crippen LogP contribution in [-0.4, -0.2) is 48.8 Å². The predicted octanol–water partition coefficient (Wildman–Crippen LogP) is 4.32. The number of nitrogens with two attached hydrogens (primary N) is 1. The lowest BCUT2D eigenvalue weighted by molar-refractivity contribution is 0.0963. The number of aliphatic imine (C=N–C) groups is 1. The summed E-state index contributed by atoms with van der Waals surface area (Å²) >= 11 is 0. The van der Waals surface area contributed by atoms with Crippen LogP contribution in [0.1, 0.15) is 37.8 Å². The number of amides is 1. The smallest absolute Gasteiger partial charge is 0.409 e. The first-order chi connectivity index (χ1) is 15.5. The van der Waals surface area contributed by atoms with Crippen molar-refractivity contribution in [3.8, 4) is 16.9 Å². The zero-order valence-corrected chi connectivity index (χ0v) is 21.6. The third-order valence-electron chi connectivity index (χ3n) is 5.99. The van der Waals surface area contributed by atoms with Crippen molar-refractivity contribution in [2.45, 2.75) is 51.8 Å². The molecule has 1 unspecified atom stereocenters. The van der Waals surface area contributed by atoms with Crippen molar-refractivity contribution in [3.63, 3.8) is 0 Å². The summed E-state index contributed by atoms with van der Waals surface area (Å²) in [6, 6.07) is 15.1. The predicted molar refractivity (Wildman–Crippen MR) is 141 cm³/mol. The van der Waals surface area contributed by atoms with Crippen LogP contribution in [0.3, 0.4) is 0 Å². The van der Waals surface area contributed by atoms with E-state index in [9.17, 15) is 4.79 Å². The van der Waals surface area contributed by atoms with Gasteiger partial charge in [-0.3, -0.25) is 0 Å². The van der Waals surface area contributed by atoms with Gasteiger partial charge in [0.05, 0.1) is 13.2 Å². The molecule has 2 aliphatic heterocycles. The van der Waals surface area contributed by atoms with Gasteiger partial charge in [0.1, 0.15) is 11.9 Å².